The van der Waals surface area contributed by atoms with Crippen LogP contribution in [0.4, 0.5) is 0 Å². The van der Waals surface area contributed by atoms with Gasteiger partial charge in [0.2, 0.25) is 0 Å². The number of rotatable bonds is 3. The summed E-state index contributed by atoms with van der Waals surface area (Å²) in [7, 11) is 0. The third-order valence-electron chi connectivity index (χ3n) is 2.46. The van der Waals surface area contributed by atoms with Gasteiger partial charge in [-0.1, -0.05) is 42.0 Å². The highest BCUT2D eigenvalue weighted by molar-refractivity contribution is 7.80. The lowest BCUT2D eigenvalue weighted by Gasteiger charge is -2.11. The Morgan fingerprint density at radius 3 is 2.56 bits per heavy atom. The molecule has 4 heteroatoms. The zero-order chi connectivity index (χ0) is 13.1. The second-order valence-corrected chi connectivity index (χ2v) is 4.74. The van der Waals surface area contributed by atoms with Crippen LogP contribution in [0.2, 0.25) is 5.02 Å². The van der Waals surface area contributed by atoms with Crippen LogP contribution in [0.1, 0.15) is 11.1 Å². The zero-order valence-corrected chi connectivity index (χ0v) is 11.4. The molecule has 0 spiro atoms. The van der Waals surface area contributed by atoms with Crippen LogP contribution < -0.4 is 10.5 Å². The van der Waals surface area contributed by atoms with E-state index in [-0.39, 0.29) is 0 Å². The van der Waals surface area contributed by atoms with Crippen molar-refractivity contribution in [2.75, 3.05) is 0 Å². The summed E-state index contributed by atoms with van der Waals surface area (Å²) in [6, 6.07) is 13.0. The lowest BCUT2D eigenvalue weighted by Crippen LogP contribution is -2.10. The maximum absolute atomic E-state index is 6.12. The number of ether oxygens (including phenoxy) is 1. The van der Waals surface area contributed by atoms with Crippen molar-refractivity contribution in [1.29, 1.82) is 0 Å². The van der Waals surface area contributed by atoms with Gasteiger partial charge in [0.15, 0.2) is 0 Å². The van der Waals surface area contributed by atoms with Crippen LogP contribution >= 0.6 is 23.8 Å². The van der Waals surface area contributed by atoms with Gasteiger partial charge in [-0.25, -0.2) is 0 Å². The lowest BCUT2D eigenvalue weighted by molar-refractivity contribution is 0.482. The molecule has 2 aromatic rings. The number of thiocarbonyl (C=S) groups is 1. The first-order valence-corrected chi connectivity index (χ1v) is 6.19. The predicted molar refractivity (Wildman–Crippen MR) is 78.6 cm³/mol. The molecule has 0 saturated heterocycles. The number of aryl methyl sites for hydroxylation is 1. The second-order valence-electron chi connectivity index (χ2n) is 3.90. The summed E-state index contributed by atoms with van der Waals surface area (Å²) in [6.07, 6.45) is 0. The van der Waals surface area contributed by atoms with E-state index in [2.05, 4.69) is 0 Å². The molecule has 2 N–H and O–H groups in total. The molecule has 0 radical (unpaired) electrons. The molecule has 0 fully saturated rings. The van der Waals surface area contributed by atoms with Crippen molar-refractivity contribution < 1.29 is 4.74 Å². The fourth-order valence-corrected chi connectivity index (χ4v) is 2.01. The van der Waals surface area contributed by atoms with Crippen LogP contribution in [0, 0.1) is 6.92 Å². The summed E-state index contributed by atoms with van der Waals surface area (Å²) < 4.78 is 5.76. The van der Waals surface area contributed by atoms with Crippen molar-refractivity contribution >= 4 is 28.8 Å². The van der Waals surface area contributed by atoms with Gasteiger partial charge in [0, 0.05) is 0 Å². The number of benzene rings is 2. The molecule has 2 rings (SSSR count). The van der Waals surface area contributed by atoms with E-state index in [0.29, 0.717) is 27.1 Å². The summed E-state index contributed by atoms with van der Waals surface area (Å²) in [5, 5.41) is 0.563. The van der Waals surface area contributed by atoms with Crippen LogP contribution in [0.5, 0.6) is 11.5 Å². The predicted octanol–water partition coefficient (Wildman–Crippen LogP) is 4.07. The largest absolute Gasteiger partial charge is 0.455 e. The van der Waals surface area contributed by atoms with Crippen molar-refractivity contribution in [3.05, 3.63) is 58.6 Å². The Hall–Kier alpha value is -1.58. The molecule has 92 valence electrons. The molecule has 0 atom stereocenters. The molecule has 0 bridgehead atoms. The number of halogens is 1. The number of hydrogen-bond donors (Lipinski definition) is 1. The minimum absolute atomic E-state index is 0.300. The van der Waals surface area contributed by atoms with E-state index in [1.165, 1.54) is 0 Å². The molecule has 0 heterocycles. The Morgan fingerprint density at radius 2 is 1.89 bits per heavy atom. The van der Waals surface area contributed by atoms with Crippen LogP contribution in [0.3, 0.4) is 0 Å². The van der Waals surface area contributed by atoms with E-state index in [0.717, 1.165) is 5.56 Å². The third-order valence-corrected chi connectivity index (χ3v) is 2.98. The molecule has 0 aliphatic rings. The fraction of sp³-hybridized carbons (Fsp3) is 0.0714. The molecule has 2 nitrogen and oxygen atoms in total. The van der Waals surface area contributed by atoms with E-state index in [1.54, 1.807) is 0 Å². The molecule has 0 amide bonds. The van der Waals surface area contributed by atoms with Crippen LogP contribution in [0.15, 0.2) is 42.5 Å². The molecular formula is C14H12ClNOS. The fourth-order valence-electron chi connectivity index (χ4n) is 1.57. The summed E-state index contributed by atoms with van der Waals surface area (Å²) in [4.78, 5) is 0.300. The molecule has 18 heavy (non-hydrogen) atoms. The summed E-state index contributed by atoms with van der Waals surface area (Å²) in [5.74, 6) is 1.20. The van der Waals surface area contributed by atoms with Crippen molar-refractivity contribution in [2.24, 2.45) is 5.73 Å². The van der Waals surface area contributed by atoms with Gasteiger partial charge < -0.3 is 10.5 Å². The third kappa shape index (κ3) is 2.81. The summed E-state index contributed by atoms with van der Waals surface area (Å²) in [6.45, 7) is 1.97. The van der Waals surface area contributed by atoms with Crippen molar-refractivity contribution in [1.82, 2.24) is 0 Å². The molecule has 0 aliphatic carbocycles. The molecule has 0 aliphatic heterocycles. The number of nitrogens with two attached hydrogens (primary N) is 1. The average molecular weight is 278 g/mol. The first-order chi connectivity index (χ1) is 8.58. The topological polar surface area (TPSA) is 35.2 Å². The van der Waals surface area contributed by atoms with Crippen molar-refractivity contribution in [3.63, 3.8) is 0 Å². The van der Waals surface area contributed by atoms with Crippen LogP contribution in [-0.4, -0.2) is 4.99 Å². The van der Waals surface area contributed by atoms with Gasteiger partial charge in [-0.2, -0.15) is 0 Å². The maximum Gasteiger partial charge on any atom is 0.146 e. The SMILES string of the molecule is Cc1ccc(Oc2ccccc2C(N)=S)c(Cl)c1. The summed E-state index contributed by atoms with van der Waals surface area (Å²) >= 11 is 11.1. The molecule has 0 unspecified atom stereocenters. The summed E-state index contributed by atoms with van der Waals surface area (Å²) in [5.41, 5.74) is 7.43. The highest BCUT2D eigenvalue weighted by Gasteiger charge is 2.08. The quantitative estimate of drug-likeness (QED) is 0.859. The van der Waals surface area contributed by atoms with E-state index in [1.807, 2.05) is 49.4 Å². The number of para-hydroxylation sites is 1. The Labute approximate surface area is 116 Å². The second kappa shape index (κ2) is 5.38. The zero-order valence-electron chi connectivity index (χ0n) is 9.81. The first kappa shape index (κ1) is 12.9. The molecule has 0 aromatic heterocycles. The normalized spacial score (nSPS) is 10.1. The highest BCUT2D eigenvalue weighted by Crippen LogP contribution is 2.31. The van der Waals surface area contributed by atoms with Gasteiger partial charge in [0.05, 0.1) is 10.6 Å². The molecular weight excluding hydrogens is 266 g/mol. The molecule has 2 aromatic carbocycles. The minimum atomic E-state index is 0.300. The monoisotopic (exact) mass is 277 g/mol. The van der Waals surface area contributed by atoms with Crippen molar-refractivity contribution in [3.8, 4) is 11.5 Å². The highest BCUT2D eigenvalue weighted by atomic mass is 35.5. The minimum Gasteiger partial charge on any atom is -0.455 e. The van der Waals surface area contributed by atoms with Crippen LogP contribution in [0.25, 0.3) is 0 Å². The van der Waals surface area contributed by atoms with Crippen molar-refractivity contribution in [2.45, 2.75) is 6.92 Å². The van der Waals surface area contributed by atoms with E-state index < -0.39 is 0 Å². The Bertz CT molecular complexity index is 598. The van der Waals surface area contributed by atoms with Gasteiger partial charge in [-0.15, -0.1) is 0 Å². The van der Waals surface area contributed by atoms with Crippen LogP contribution in [-0.2, 0) is 0 Å². The average Bonchev–Trinajstić information content (AvgIpc) is 2.33. The Balaban J connectivity index is 2.37. The Kier molecular flexibility index (Phi) is 3.84. The van der Waals surface area contributed by atoms with Gasteiger partial charge in [-0.3, -0.25) is 0 Å². The van der Waals surface area contributed by atoms with Gasteiger partial charge >= 0.3 is 0 Å². The lowest BCUT2D eigenvalue weighted by atomic mass is 10.2. The van der Waals surface area contributed by atoms with Gasteiger partial charge in [0.1, 0.15) is 16.5 Å². The van der Waals surface area contributed by atoms with E-state index in [4.69, 9.17) is 34.3 Å². The maximum atomic E-state index is 6.12. The van der Waals surface area contributed by atoms with Gasteiger partial charge in [0.25, 0.3) is 0 Å². The number of hydrogen-bond acceptors (Lipinski definition) is 2. The Morgan fingerprint density at radius 1 is 1.17 bits per heavy atom. The standard InChI is InChI=1S/C14H12ClNOS/c1-9-6-7-13(11(15)8-9)17-12-5-3-2-4-10(12)14(16)18/h2-8H,1H3,(H2,16,18). The van der Waals surface area contributed by atoms with E-state index in [9.17, 15) is 0 Å². The first-order valence-electron chi connectivity index (χ1n) is 5.41. The van der Waals surface area contributed by atoms with Gasteiger partial charge in [-0.05, 0) is 36.8 Å². The molecule has 0 saturated carbocycles. The smallest absolute Gasteiger partial charge is 0.146 e. The van der Waals surface area contributed by atoms with E-state index >= 15 is 0 Å².